The van der Waals surface area contributed by atoms with E-state index in [-0.39, 0.29) is 5.91 Å². The Kier molecular flexibility index (Phi) is 5.65. The second-order valence-corrected chi connectivity index (χ2v) is 4.35. The Morgan fingerprint density at radius 2 is 1.78 bits per heavy atom. The average molecular weight is 241 g/mol. The molecule has 2 heteroatoms. The first-order valence-corrected chi connectivity index (χ1v) is 5.94. The van der Waals surface area contributed by atoms with Crippen LogP contribution in [-0.4, -0.2) is 5.91 Å². The number of nitrogens with one attached hydrogen (secondary N) is 1. The predicted octanol–water partition coefficient (Wildman–Crippen LogP) is 4.09. The molecule has 1 aromatic rings. The highest BCUT2D eigenvalue weighted by Crippen LogP contribution is 2.05. The number of rotatable bonds is 4. The van der Waals surface area contributed by atoms with Crippen LogP contribution in [0.15, 0.2) is 65.8 Å². The fourth-order valence-corrected chi connectivity index (χ4v) is 1.35. The molecule has 0 spiro atoms. The highest BCUT2D eigenvalue weighted by atomic mass is 16.1. The summed E-state index contributed by atoms with van der Waals surface area (Å²) >= 11 is 0. The number of carbonyl (C=O) groups excluding carboxylic acids is 1. The van der Waals surface area contributed by atoms with E-state index in [1.54, 1.807) is 6.08 Å². The molecule has 0 fully saturated rings. The Hall–Kier alpha value is -2.09. The van der Waals surface area contributed by atoms with E-state index in [0.717, 1.165) is 11.3 Å². The van der Waals surface area contributed by atoms with E-state index in [9.17, 15) is 4.79 Å². The van der Waals surface area contributed by atoms with E-state index in [4.69, 9.17) is 0 Å². The fraction of sp³-hybridized carbons (Fsp3) is 0.188. The molecule has 2 nitrogen and oxygen atoms in total. The first kappa shape index (κ1) is 14.0. The number of anilines is 1. The molecular weight excluding hydrogens is 222 g/mol. The van der Waals surface area contributed by atoms with Gasteiger partial charge in [0.15, 0.2) is 0 Å². The second kappa shape index (κ2) is 7.28. The van der Waals surface area contributed by atoms with E-state index < -0.39 is 0 Å². The van der Waals surface area contributed by atoms with Gasteiger partial charge in [0.1, 0.15) is 0 Å². The molecule has 1 aromatic carbocycles. The van der Waals surface area contributed by atoms with E-state index >= 15 is 0 Å². The zero-order valence-electron chi connectivity index (χ0n) is 11.1. The van der Waals surface area contributed by atoms with Crippen LogP contribution in [0, 0.1) is 0 Å². The molecule has 0 saturated carbocycles. The van der Waals surface area contributed by atoms with Gasteiger partial charge in [0.25, 0.3) is 0 Å². The molecular formula is C16H19NO. The normalized spacial score (nSPS) is 11.4. The molecule has 1 N–H and O–H groups in total. The SMILES string of the molecule is CC(C)=C/C=C/C(C)=C\C(=O)Nc1ccccc1. The van der Waals surface area contributed by atoms with E-state index in [1.165, 1.54) is 5.57 Å². The van der Waals surface area contributed by atoms with Crippen LogP contribution in [0.25, 0.3) is 0 Å². The van der Waals surface area contributed by atoms with Gasteiger partial charge in [-0.25, -0.2) is 0 Å². The van der Waals surface area contributed by atoms with Crippen LogP contribution in [0.2, 0.25) is 0 Å². The van der Waals surface area contributed by atoms with Crippen molar-refractivity contribution < 1.29 is 4.79 Å². The maximum atomic E-state index is 11.7. The minimum atomic E-state index is -0.111. The first-order valence-electron chi connectivity index (χ1n) is 5.94. The van der Waals surface area contributed by atoms with Gasteiger partial charge < -0.3 is 5.32 Å². The number of hydrogen-bond donors (Lipinski definition) is 1. The van der Waals surface area contributed by atoms with Crippen molar-refractivity contribution in [3.63, 3.8) is 0 Å². The molecule has 1 rings (SSSR count). The van der Waals surface area contributed by atoms with Gasteiger partial charge in [0.2, 0.25) is 5.91 Å². The van der Waals surface area contributed by atoms with E-state index in [2.05, 4.69) is 5.32 Å². The zero-order chi connectivity index (χ0) is 13.4. The summed E-state index contributed by atoms with van der Waals surface area (Å²) in [5, 5.41) is 2.81. The van der Waals surface area contributed by atoms with Crippen LogP contribution in [0.1, 0.15) is 20.8 Å². The summed E-state index contributed by atoms with van der Waals surface area (Å²) in [6.07, 6.45) is 7.45. The lowest BCUT2D eigenvalue weighted by Crippen LogP contribution is -2.08. The maximum absolute atomic E-state index is 11.7. The fourth-order valence-electron chi connectivity index (χ4n) is 1.35. The van der Waals surface area contributed by atoms with Gasteiger partial charge in [0, 0.05) is 11.8 Å². The Balaban J connectivity index is 2.58. The third kappa shape index (κ3) is 5.85. The molecule has 0 heterocycles. The standard InChI is InChI=1S/C16H19NO/c1-13(2)8-7-9-14(3)12-16(18)17-15-10-5-4-6-11-15/h4-12H,1-3H3,(H,17,18)/b9-7+,14-12-. The molecule has 1 amide bonds. The largest absolute Gasteiger partial charge is 0.323 e. The molecule has 0 aliphatic heterocycles. The molecule has 0 unspecified atom stereocenters. The number of carbonyl (C=O) groups is 1. The second-order valence-electron chi connectivity index (χ2n) is 4.35. The smallest absolute Gasteiger partial charge is 0.248 e. The van der Waals surface area contributed by atoms with Crippen molar-refractivity contribution in [3.8, 4) is 0 Å². The van der Waals surface area contributed by atoms with Gasteiger partial charge in [-0.2, -0.15) is 0 Å². The van der Waals surface area contributed by atoms with Crippen LogP contribution >= 0.6 is 0 Å². The highest BCUT2D eigenvalue weighted by Gasteiger charge is 1.97. The van der Waals surface area contributed by atoms with Crippen LogP contribution in [0.4, 0.5) is 5.69 Å². The summed E-state index contributed by atoms with van der Waals surface area (Å²) in [7, 11) is 0. The van der Waals surface area contributed by atoms with Gasteiger partial charge >= 0.3 is 0 Å². The van der Waals surface area contributed by atoms with E-state index in [1.807, 2.05) is 69.3 Å². The minimum absolute atomic E-state index is 0.111. The van der Waals surface area contributed by atoms with Gasteiger partial charge in [-0.1, -0.05) is 42.0 Å². The minimum Gasteiger partial charge on any atom is -0.323 e. The Morgan fingerprint density at radius 3 is 2.39 bits per heavy atom. The maximum Gasteiger partial charge on any atom is 0.248 e. The van der Waals surface area contributed by atoms with Crippen LogP contribution in [-0.2, 0) is 4.79 Å². The highest BCUT2D eigenvalue weighted by molar-refractivity contribution is 5.99. The molecule has 0 bridgehead atoms. The average Bonchev–Trinajstić information content (AvgIpc) is 2.29. The zero-order valence-corrected chi connectivity index (χ0v) is 11.1. The number of allylic oxidation sites excluding steroid dienone is 5. The van der Waals surface area contributed by atoms with Gasteiger partial charge in [0.05, 0.1) is 0 Å². The van der Waals surface area contributed by atoms with Crippen LogP contribution < -0.4 is 5.32 Å². The van der Waals surface area contributed by atoms with Crippen molar-refractivity contribution in [2.24, 2.45) is 0 Å². The molecule has 0 aliphatic carbocycles. The van der Waals surface area contributed by atoms with Crippen molar-refractivity contribution >= 4 is 11.6 Å². The molecule has 0 aromatic heterocycles. The van der Waals surface area contributed by atoms with Crippen molar-refractivity contribution in [2.75, 3.05) is 5.32 Å². The van der Waals surface area contributed by atoms with Crippen molar-refractivity contribution in [2.45, 2.75) is 20.8 Å². The number of amides is 1. The Morgan fingerprint density at radius 1 is 1.11 bits per heavy atom. The van der Waals surface area contributed by atoms with Gasteiger partial charge in [-0.3, -0.25) is 4.79 Å². The summed E-state index contributed by atoms with van der Waals surface area (Å²) in [5.41, 5.74) is 2.95. The number of benzene rings is 1. The third-order valence-corrected chi connectivity index (χ3v) is 2.19. The number of para-hydroxylation sites is 1. The van der Waals surface area contributed by atoms with Crippen LogP contribution in [0.3, 0.4) is 0 Å². The molecule has 0 saturated heterocycles. The summed E-state index contributed by atoms with van der Waals surface area (Å²) in [5.74, 6) is -0.111. The molecule has 0 radical (unpaired) electrons. The quantitative estimate of drug-likeness (QED) is 0.624. The number of hydrogen-bond acceptors (Lipinski definition) is 1. The van der Waals surface area contributed by atoms with Crippen LogP contribution in [0.5, 0.6) is 0 Å². The van der Waals surface area contributed by atoms with Crippen molar-refractivity contribution in [3.05, 3.63) is 65.8 Å². The lowest BCUT2D eigenvalue weighted by atomic mass is 10.2. The summed E-state index contributed by atoms with van der Waals surface area (Å²) in [6.45, 7) is 5.97. The summed E-state index contributed by atoms with van der Waals surface area (Å²) in [4.78, 5) is 11.7. The first-order chi connectivity index (χ1) is 8.58. The topological polar surface area (TPSA) is 29.1 Å². The van der Waals surface area contributed by atoms with Crippen molar-refractivity contribution in [1.29, 1.82) is 0 Å². The molecule has 18 heavy (non-hydrogen) atoms. The monoisotopic (exact) mass is 241 g/mol. The lowest BCUT2D eigenvalue weighted by Gasteiger charge is -2.01. The van der Waals surface area contributed by atoms with Gasteiger partial charge in [-0.15, -0.1) is 0 Å². The molecule has 0 atom stereocenters. The Labute approximate surface area is 109 Å². The van der Waals surface area contributed by atoms with Crippen molar-refractivity contribution in [1.82, 2.24) is 0 Å². The predicted molar refractivity (Wildman–Crippen MR) is 77.4 cm³/mol. The molecule has 0 aliphatic rings. The third-order valence-electron chi connectivity index (χ3n) is 2.19. The summed E-state index contributed by atoms with van der Waals surface area (Å²) < 4.78 is 0. The lowest BCUT2D eigenvalue weighted by molar-refractivity contribution is -0.111. The summed E-state index contributed by atoms with van der Waals surface area (Å²) in [6, 6.07) is 9.42. The van der Waals surface area contributed by atoms with E-state index in [0.29, 0.717) is 0 Å². The van der Waals surface area contributed by atoms with Gasteiger partial charge in [-0.05, 0) is 38.5 Å². The molecule has 94 valence electrons. The Bertz CT molecular complexity index is 477.